The number of nitrogens with zero attached hydrogens (tertiary/aromatic N) is 1. The number of rotatable bonds is 5. The van der Waals surface area contributed by atoms with E-state index < -0.39 is 0 Å². The van der Waals surface area contributed by atoms with Crippen LogP contribution in [0.5, 0.6) is 0 Å². The zero-order valence-electron chi connectivity index (χ0n) is 11.1. The first-order valence-electron chi connectivity index (χ1n) is 6.05. The minimum Gasteiger partial charge on any atom is -0.377 e. The van der Waals surface area contributed by atoms with E-state index in [1.54, 1.807) is 20.3 Å². The smallest absolute Gasteiger partial charge is 0.275 e. The van der Waals surface area contributed by atoms with Gasteiger partial charge < -0.3 is 9.47 Å². The Morgan fingerprint density at radius 2 is 2.05 bits per heavy atom. The van der Waals surface area contributed by atoms with Crippen molar-refractivity contribution < 1.29 is 14.3 Å². The van der Waals surface area contributed by atoms with Gasteiger partial charge in [-0.2, -0.15) is 0 Å². The van der Waals surface area contributed by atoms with Gasteiger partial charge in [0.2, 0.25) is 0 Å². The van der Waals surface area contributed by atoms with Crippen LogP contribution < -0.4 is 11.3 Å². The van der Waals surface area contributed by atoms with E-state index in [1.165, 1.54) is 11.3 Å². The van der Waals surface area contributed by atoms with Crippen molar-refractivity contribution in [2.75, 3.05) is 27.3 Å². The summed E-state index contributed by atoms with van der Waals surface area (Å²) >= 11 is 1.45. The Morgan fingerprint density at radius 1 is 1.42 bits per heavy atom. The summed E-state index contributed by atoms with van der Waals surface area (Å²) in [7, 11) is 3.41. The van der Waals surface area contributed by atoms with E-state index in [1.807, 2.05) is 6.07 Å². The van der Waals surface area contributed by atoms with E-state index in [9.17, 15) is 4.79 Å². The maximum Gasteiger partial charge on any atom is 0.275 e. The molecule has 1 amide bonds. The summed E-state index contributed by atoms with van der Waals surface area (Å²) in [6.07, 6.45) is 0.216. The predicted octanol–water partition coefficient (Wildman–Crippen LogP) is 0.197. The number of thiophene rings is 1. The standard InChI is InChI=1S/C12H19N3O3S/c1-17-9-6-15(7-10(9)18-2)5-8-3-4-11(19-8)12(16)14-13/h3-4,9-10H,5-7,13H2,1-2H3,(H,14,16). The van der Waals surface area contributed by atoms with Crippen LogP contribution in [0.3, 0.4) is 0 Å². The Hall–Kier alpha value is -0.990. The number of nitrogens with one attached hydrogen (secondary N) is 1. The molecule has 2 atom stereocenters. The van der Waals surface area contributed by atoms with Gasteiger partial charge in [-0.1, -0.05) is 0 Å². The Morgan fingerprint density at radius 3 is 2.58 bits per heavy atom. The summed E-state index contributed by atoms with van der Waals surface area (Å²) in [5.74, 6) is 4.87. The highest BCUT2D eigenvalue weighted by molar-refractivity contribution is 7.14. The molecule has 1 aromatic heterocycles. The molecule has 106 valence electrons. The molecule has 0 saturated carbocycles. The van der Waals surface area contributed by atoms with Crippen LogP contribution in [0.4, 0.5) is 0 Å². The first kappa shape index (κ1) is 14.4. The summed E-state index contributed by atoms with van der Waals surface area (Å²) in [6.45, 7) is 2.47. The van der Waals surface area contributed by atoms with Crippen LogP contribution in [-0.2, 0) is 16.0 Å². The number of ether oxygens (including phenoxy) is 2. The number of methoxy groups -OCH3 is 2. The first-order chi connectivity index (χ1) is 9.17. The highest BCUT2D eigenvalue weighted by Gasteiger charge is 2.32. The predicted molar refractivity (Wildman–Crippen MR) is 72.8 cm³/mol. The first-order valence-corrected chi connectivity index (χ1v) is 6.87. The van der Waals surface area contributed by atoms with Crippen molar-refractivity contribution in [3.05, 3.63) is 21.9 Å². The number of hydrogen-bond donors (Lipinski definition) is 2. The van der Waals surface area contributed by atoms with Crippen molar-refractivity contribution in [1.29, 1.82) is 0 Å². The van der Waals surface area contributed by atoms with Crippen LogP contribution in [0.25, 0.3) is 0 Å². The average Bonchev–Trinajstić information content (AvgIpc) is 3.04. The Kier molecular flexibility index (Phi) is 4.89. The van der Waals surface area contributed by atoms with Crippen LogP contribution in [0, 0.1) is 0 Å². The van der Waals surface area contributed by atoms with Gasteiger partial charge in [0.25, 0.3) is 5.91 Å². The second-order valence-electron chi connectivity index (χ2n) is 4.48. The van der Waals surface area contributed by atoms with Gasteiger partial charge in [-0.25, -0.2) is 5.84 Å². The molecule has 0 radical (unpaired) electrons. The molecule has 2 rings (SSSR count). The van der Waals surface area contributed by atoms with Crippen molar-refractivity contribution in [1.82, 2.24) is 10.3 Å². The number of nitrogen functional groups attached to an aromatic ring is 1. The maximum absolute atomic E-state index is 11.4. The second kappa shape index (κ2) is 6.44. The fourth-order valence-electron chi connectivity index (χ4n) is 2.28. The molecule has 19 heavy (non-hydrogen) atoms. The second-order valence-corrected chi connectivity index (χ2v) is 5.65. The normalized spacial score (nSPS) is 23.7. The lowest BCUT2D eigenvalue weighted by Gasteiger charge is -2.13. The van der Waals surface area contributed by atoms with Crippen molar-refractivity contribution in [3.63, 3.8) is 0 Å². The van der Waals surface area contributed by atoms with Gasteiger partial charge in [-0.3, -0.25) is 15.1 Å². The molecule has 1 aliphatic rings. The van der Waals surface area contributed by atoms with E-state index in [0.717, 1.165) is 24.5 Å². The third-order valence-electron chi connectivity index (χ3n) is 3.29. The summed E-state index contributed by atoms with van der Waals surface area (Å²) < 4.78 is 10.8. The number of hydrazine groups is 1. The van der Waals surface area contributed by atoms with Gasteiger partial charge in [-0.15, -0.1) is 11.3 Å². The molecular formula is C12H19N3O3S. The Balaban J connectivity index is 1.95. The molecule has 1 aromatic rings. The van der Waals surface area contributed by atoms with Crippen molar-refractivity contribution in [2.45, 2.75) is 18.8 Å². The molecule has 1 aliphatic heterocycles. The summed E-state index contributed by atoms with van der Waals surface area (Å²) in [4.78, 5) is 15.4. The fourth-order valence-corrected chi connectivity index (χ4v) is 3.23. The van der Waals surface area contributed by atoms with Gasteiger partial charge >= 0.3 is 0 Å². The number of carbonyl (C=O) groups excluding carboxylic acids is 1. The largest absolute Gasteiger partial charge is 0.377 e. The third kappa shape index (κ3) is 3.31. The number of likely N-dealkylation sites (tertiary alicyclic amines) is 1. The number of carbonyl (C=O) groups is 1. The SMILES string of the molecule is COC1CN(Cc2ccc(C(=O)NN)s2)CC1OC. The Bertz CT molecular complexity index is 426. The van der Waals surface area contributed by atoms with E-state index >= 15 is 0 Å². The summed E-state index contributed by atoms with van der Waals surface area (Å²) in [5.41, 5.74) is 2.14. The lowest BCUT2D eigenvalue weighted by molar-refractivity contribution is -0.00461. The Labute approximate surface area is 116 Å². The summed E-state index contributed by atoms with van der Waals surface area (Å²) in [6, 6.07) is 3.75. The van der Waals surface area contributed by atoms with Gasteiger partial charge in [-0.05, 0) is 12.1 Å². The van der Waals surface area contributed by atoms with E-state index in [-0.39, 0.29) is 18.1 Å². The zero-order valence-corrected chi connectivity index (χ0v) is 11.9. The third-order valence-corrected chi connectivity index (χ3v) is 4.36. The van der Waals surface area contributed by atoms with Gasteiger partial charge in [0, 0.05) is 38.7 Å². The van der Waals surface area contributed by atoms with Crippen molar-refractivity contribution >= 4 is 17.2 Å². The van der Waals surface area contributed by atoms with Crippen molar-refractivity contribution in [3.8, 4) is 0 Å². The minimum absolute atomic E-state index is 0.108. The highest BCUT2D eigenvalue weighted by atomic mass is 32.1. The molecule has 2 unspecified atom stereocenters. The number of nitrogens with two attached hydrogens (primary N) is 1. The topological polar surface area (TPSA) is 76.8 Å². The van der Waals surface area contributed by atoms with Crippen LogP contribution in [0.1, 0.15) is 14.5 Å². The van der Waals surface area contributed by atoms with Gasteiger partial charge in [0.1, 0.15) is 0 Å². The van der Waals surface area contributed by atoms with Crippen LogP contribution in [0.15, 0.2) is 12.1 Å². The van der Waals surface area contributed by atoms with Gasteiger partial charge in [0.05, 0.1) is 17.1 Å². The van der Waals surface area contributed by atoms with Gasteiger partial charge in [0.15, 0.2) is 0 Å². The highest BCUT2D eigenvalue weighted by Crippen LogP contribution is 2.22. The molecule has 0 aliphatic carbocycles. The molecule has 0 bridgehead atoms. The maximum atomic E-state index is 11.4. The van der Waals surface area contributed by atoms with E-state index in [4.69, 9.17) is 15.3 Å². The molecule has 3 N–H and O–H groups in total. The molecule has 7 heteroatoms. The number of hydrogen-bond acceptors (Lipinski definition) is 6. The lowest BCUT2D eigenvalue weighted by atomic mass is 10.3. The molecule has 0 aromatic carbocycles. The zero-order chi connectivity index (χ0) is 13.8. The molecule has 2 heterocycles. The minimum atomic E-state index is -0.248. The van der Waals surface area contributed by atoms with Crippen molar-refractivity contribution in [2.24, 2.45) is 5.84 Å². The molecule has 6 nitrogen and oxygen atoms in total. The fraction of sp³-hybridized carbons (Fsp3) is 0.583. The van der Waals surface area contributed by atoms with E-state index in [0.29, 0.717) is 4.88 Å². The lowest BCUT2D eigenvalue weighted by Crippen LogP contribution is -2.29. The molecule has 1 saturated heterocycles. The molecule has 1 fully saturated rings. The summed E-state index contributed by atoms with van der Waals surface area (Å²) in [5, 5.41) is 0. The number of amides is 1. The van der Waals surface area contributed by atoms with Crippen LogP contribution in [0.2, 0.25) is 0 Å². The van der Waals surface area contributed by atoms with Crippen LogP contribution in [-0.4, -0.2) is 50.3 Å². The molecular weight excluding hydrogens is 266 g/mol. The monoisotopic (exact) mass is 285 g/mol. The molecule has 0 spiro atoms. The van der Waals surface area contributed by atoms with Crippen LogP contribution >= 0.6 is 11.3 Å². The van der Waals surface area contributed by atoms with E-state index in [2.05, 4.69) is 10.3 Å². The average molecular weight is 285 g/mol. The quantitative estimate of drug-likeness (QED) is 0.459.